The third-order valence-corrected chi connectivity index (χ3v) is 9.35. The quantitative estimate of drug-likeness (QED) is 0.572. The van der Waals surface area contributed by atoms with Crippen LogP contribution in [0.15, 0.2) is 35.3 Å². The van der Waals surface area contributed by atoms with Gasteiger partial charge in [-0.1, -0.05) is 6.07 Å². The van der Waals surface area contributed by atoms with E-state index in [0.29, 0.717) is 24.6 Å². The van der Waals surface area contributed by atoms with Gasteiger partial charge in [0, 0.05) is 87.6 Å². The van der Waals surface area contributed by atoms with E-state index in [9.17, 15) is 22.8 Å². The Kier molecular flexibility index (Phi) is 8.20. The van der Waals surface area contributed by atoms with Crippen LogP contribution in [0.4, 0.5) is 13.2 Å². The van der Waals surface area contributed by atoms with Gasteiger partial charge in [0.1, 0.15) is 0 Å². The van der Waals surface area contributed by atoms with Gasteiger partial charge in [0.2, 0.25) is 5.91 Å². The molecule has 3 aliphatic heterocycles. The third kappa shape index (κ3) is 6.36. The Bertz CT molecular complexity index is 1310. The van der Waals surface area contributed by atoms with Crippen molar-refractivity contribution in [1.82, 2.24) is 24.7 Å². The molecule has 1 aliphatic carbocycles. The number of amides is 1. The first kappa shape index (κ1) is 28.4. The normalized spacial score (nSPS) is 27.3. The van der Waals surface area contributed by atoms with E-state index < -0.39 is 17.3 Å². The molecule has 5 heterocycles. The molecular formula is C30H38F3N5O3. The monoisotopic (exact) mass is 573 g/mol. The molecule has 6 rings (SSSR count). The van der Waals surface area contributed by atoms with Crippen LogP contribution in [0.5, 0.6) is 0 Å². The van der Waals surface area contributed by atoms with Crippen LogP contribution in [0, 0.1) is 5.92 Å². The van der Waals surface area contributed by atoms with Gasteiger partial charge < -0.3 is 14.6 Å². The largest absolute Gasteiger partial charge is 0.416 e. The number of rotatable bonds is 6. The average molecular weight is 574 g/mol. The summed E-state index contributed by atoms with van der Waals surface area (Å²) in [4.78, 5) is 34.7. The van der Waals surface area contributed by atoms with Gasteiger partial charge >= 0.3 is 6.18 Å². The van der Waals surface area contributed by atoms with Crippen LogP contribution in [0.1, 0.15) is 60.5 Å². The van der Waals surface area contributed by atoms with Crippen LogP contribution in [0.2, 0.25) is 0 Å². The highest BCUT2D eigenvalue weighted by molar-refractivity contribution is 5.78. The molecule has 2 aromatic heterocycles. The fraction of sp³-hybridized carbons (Fsp3) is 0.633. The minimum atomic E-state index is -4.59. The van der Waals surface area contributed by atoms with Crippen molar-refractivity contribution in [1.29, 1.82) is 0 Å². The highest BCUT2D eigenvalue weighted by atomic mass is 19.4. The van der Waals surface area contributed by atoms with E-state index in [1.807, 2.05) is 17.2 Å². The van der Waals surface area contributed by atoms with Crippen LogP contribution >= 0.6 is 0 Å². The Morgan fingerprint density at radius 2 is 2.00 bits per heavy atom. The van der Waals surface area contributed by atoms with E-state index in [4.69, 9.17) is 9.72 Å². The molecule has 0 bridgehead atoms. The van der Waals surface area contributed by atoms with Crippen molar-refractivity contribution in [2.75, 3.05) is 39.4 Å². The van der Waals surface area contributed by atoms with Crippen LogP contribution in [0.25, 0.3) is 0 Å². The molecule has 41 heavy (non-hydrogen) atoms. The van der Waals surface area contributed by atoms with Gasteiger partial charge in [-0.05, 0) is 62.1 Å². The highest BCUT2D eigenvalue weighted by Crippen LogP contribution is 2.39. The first-order valence-corrected chi connectivity index (χ1v) is 14.8. The van der Waals surface area contributed by atoms with E-state index in [1.165, 1.54) is 15.8 Å². The second-order valence-corrected chi connectivity index (χ2v) is 12.0. The molecule has 8 nitrogen and oxygen atoms in total. The van der Waals surface area contributed by atoms with Crippen LogP contribution in [-0.2, 0) is 35.2 Å². The minimum Gasteiger partial charge on any atom is -0.381 e. The zero-order valence-corrected chi connectivity index (χ0v) is 23.2. The maximum atomic E-state index is 13.3. The molecule has 11 heteroatoms. The molecule has 0 saturated carbocycles. The number of hydrogen-bond acceptors (Lipinski definition) is 6. The summed E-state index contributed by atoms with van der Waals surface area (Å²) in [5, 5.41) is 3.31. The number of fused-ring (bicyclic) bond motifs is 2. The number of likely N-dealkylation sites (tertiary alicyclic amines) is 1. The molecule has 0 aromatic carbocycles. The van der Waals surface area contributed by atoms with Crippen molar-refractivity contribution < 1.29 is 22.7 Å². The van der Waals surface area contributed by atoms with Crippen molar-refractivity contribution in [2.24, 2.45) is 5.92 Å². The number of hydrogen-bond donors (Lipinski definition) is 1. The molecule has 0 radical (unpaired) electrons. The van der Waals surface area contributed by atoms with Crippen molar-refractivity contribution in [3.05, 3.63) is 63.3 Å². The van der Waals surface area contributed by atoms with E-state index in [2.05, 4.69) is 16.3 Å². The van der Waals surface area contributed by atoms with Gasteiger partial charge in [-0.15, -0.1) is 0 Å². The highest BCUT2D eigenvalue weighted by Gasteiger charge is 2.40. The summed E-state index contributed by atoms with van der Waals surface area (Å²) in [5.74, 6) is 0.544. The maximum absolute atomic E-state index is 13.3. The molecule has 222 valence electrons. The summed E-state index contributed by atoms with van der Waals surface area (Å²) in [5.41, 5.74) is 1.21. The summed E-state index contributed by atoms with van der Waals surface area (Å²) in [6.07, 6.45) is 3.49. The predicted molar refractivity (Wildman–Crippen MR) is 146 cm³/mol. The number of aryl methyl sites for hydroxylation is 1. The fourth-order valence-corrected chi connectivity index (χ4v) is 7.29. The number of alkyl halides is 3. The Balaban J connectivity index is 1.13. The number of nitrogens with one attached hydrogen (secondary N) is 1. The molecule has 1 amide bonds. The summed E-state index contributed by atoms with van der Waals surface area (Å²) >= 11 is 0. The van der Waals surface area contributed by atoms with Gasteiger partial charge in [-0.25, -0.2) is 0 Å². The van der Waals surface area contributed by atoms with E-state index in [1.54, 1.807) is 0 Å². The Hall–Kier alpha value is -2.76. The second-order valence-electron chi connectivity index (χ2n) is 12.0. The number of pyridine rings is 2. The average Bonchev–Trinajstić information content (AvgIpc) is 3.41. The molecule has 1 N–H and O–H groups in total. The van der Waals surface area contributed by atoms with Gasteiger partial charge in [0.25, 0.3) is 5.56 Å². The molecule has 0 spiro atoms. The Morgan fingerprint density at radius 1 is 1.12 bits per heavy atom. The third-order valence-electron chi connectivity index (χ3n) is 9.35. The summed E-state index contributed by atoms with van der Waals surface area (Å²) in [6, 6.07) is 6.27. The van der Waals surface area contributed by atoms with Crippen LogP contribution in [0.3, 0.4) is 0 Å². The Morgan fingerprint density at radius 3 is 2.85 bits per heavy atom. The molecular weight excluding hydrogens is 535 g/mol. The smallest absolute Gasteiger partial charge is 0.381 e. The zero-order valence-electron chi connectivity index (χ0n) is 23.2. The zero-order chi connectivity index (χ0) is 28.6. The van der Waals surface area contributed by atoms with Crippen molar-refractivity contribution in [3.63, 3.8) is 0 Å². The van der Waals surface area contributed by atoms with E-state index in [0.717, 1.165) is 70.9 Å². The second kappa shape index (κ2) is 11.9. The van der Waals surface area contributed by atoms with Crippen molar-refractivity contribution >= 4 is 5.91 Å². The summed E-state index contributed by atoms with van der Waals surface area (Å²) in [7, 11) is 0. The van der Waals surface area contributed by atoms with Gasteiger partial charge in [0.05, 0.1) is 12.1 Å². The van der Waals surface area contributed by atoms with Gasteiger partial charge in [0.15, 0.2) is 0 Å². The molecule has 2 fully saturated rings. The van der Waals surface area contributed by atoms with Gasteiger partial charge in [-0.2, -0.15) is 13.2 Å². The number of aromatic nitrogens is 2. The number of nitrogens with zero attached hydrogens (tertiary/aromatic N) is 4. The number of carbonyl (C=O) groups is 1. The minimum absolute atomic E-state index is 0.00374. The molecule has 2 saturated heterocycles. The lowest BCUT2D eigenvalue weighted by atomic mass is 9.89. The van der Waals surface area contributed by atoms with E-state index in [-0.39, 0.29) is 43.2 Å². The fourth-order valence-electron chi connectivity index (χ4n) is 7.29. The predicted octanol–water partition coefficient (Wildman–Crippen LogP) is 3.18. The van der Waals surface area contributed by atoms with Crippen LogP contribution < -0.4 is 10.9 Å². The standard InChI is InChI=1S/C30H38F3N5O3/c31-30(32,33)23-14-25-17-36(9-10-38(25)28(40)15-23)19-27(39)35-26-18-37(24-4-2-11-41-12-7-24)16-22(26)13-21-6-5-20-3-1-8-34-29(20)21/h1,3,8,14-15,21-22,24,26H,2,4-7,9-13,16-19H2,(H,35,39)/t21?,22-,24?,26?/m0/s1. The summed E-state index contributed by atoms with van der Waals surface area (Å²) < 4.78 is 46.9. The van der Waals surface area contributed by atoms with Crippen molar-refractivity contribution in [2.45, 2.75) is 75.8 Å². The molecule has 4 atom stereocenters. The van der Waals surface area contributed by atoms with Crippen molar-refractivity contribution in [3.8, 4) is 0 Å². The van der Waals surface area contributed by atoms with Crippen LogP contribution in [-0.4, -0.2) is 76.7 Å². The first-order chi connectivity index (χ1) is 19.7. The lowest BCUT2D eigenvalue weighted by molar-refractivity contribution is -0.138. The van der Waals surface area contributed by atoms with Gasteiger partial charge in [-0.3, -0.25) is 24.4 Å². The number of carbonyl (C=O) groups excluding carboxylic acids is 1. The SMILES string of the molecule is O=C(CN1CCn2c(cc(C(F)(F)F)cc2=O)C1)NC1CN(C2CCCOCC2)C[C@@H]1CC1CCc2cccnc21. The summed E-state index contributed by atoms with van der Waals surface area (Å²) in [6.45, 7) is 4.17. The topological polar surface area (TPSA) is 79.7 Å². The lowest BCUT2D eigenvalue weighted by Gasteiger charge is -2.30. The lowest BCUT2D eigenvalue weighted by Crippen LogP contribution is -2.48. The molecule has 3 unspecified atom stereocenters. The van der Waals surface area contributed by atoms with E-state index >= 15 is 0 Å². The molecule has 4 aliphatic rings. The molecule has 2 aromatic rings. The Labute approximate surface area is 237 Å². The maximum Gasteiger partial charge on any atom is 0.416 e. The first-order valence-electron chi connectivity index (χ1n) is 14.8. The number of ether oxygens (including phenoxy) is 1. The number of halogens is 3.